The van der Waals surface area contributed by atoms with Crippen molar-refractivity contribution in [2.45, 2.75) is 32.7 Å². The Kier molecular flexibility index (Phi) is 6.76. The van der Waals surface area contributed by atoms with E-state index in [1.54, 1.807) is 12.1 Å². The highest BCUT2D eigenvalue weighted by Gasteiger charge is 2.09. The van der Waals surface area contributed by atoms with Gasteiger partial charge in [0.1, 0.15) is 12.0 Å². The Labute approximate surface area is 145 Å². The van der Waals surface area contributed by atoms with Crippen molar-refractivity contribution >= 4 is 18.0 Å². The van der Waals surface area contributed by atoms with Gasteiger partial charge in [-0.2, -0.15) is 4.98 Å². The number of nitrogens with two attached hydrogens (primary N) is 2. The number of guanidine groups is 1. The number of carbonyl (C=O) groups excluding carboxylic acids is 1. The molecule has 0 aromatic carbocycles. The van der Waals surface area contributed by atoms with Crippen molar-refractivity contribution in [2.75, 3.05) is 11.9 Å². The molecule has 9 heteroatoms. The van der Waals surface area contributed by atoms with Crippen LogP contribution in [0.2, 0.25) is 0 Å². The topological polar surface area (TPSA) is 144 Å². The molecule has 0 aliphatic rings. The summed E-state index contributed by atoms with van der Waals surface area (Å²) in [6, 6.07) is 5.02. The van der Waals surface area contributed by atoms with Crippen LogP contribution in [0.25, 0.3) is 11.4 Å². The summed E-state index contributed by atoms with van der Waals surface area (Å²) in [6.45, 7) is 3.03. The van der Waals surface area contributed by atoms with E-state index in [0.717, 1.165) is 19.3 Å². The molecule has 0 fully saturated rings. The van der Waals surface area contributed by atoms with Gasteiger partial charge in [0.25, 0.3) is 0 Å². The molecular formula is C16H23N7O2. The lowest BCUT2D eigenvalue weighted by Crippen LogP contribution is -2.28. The molecule has 9 nitrogen and oxygen atoms in total. The van der Waals surface area contributed by atoms with E-state index in [0.29, 0.717) is 23.6 Å². The number of carbonyl (C=O) groups is 1. The summed E-state index contributed by atoms with van der Waals surface area (Å²) in [5.41, 5.74) is 12.7. The van der Waals surface area contributed by atoms with Crippen molar-refractivity contribution in [3.8, 4) is 11.4 Å². The Morgan fingerprint density at radius 3 is 2.84 bits per heavy atom. The molecule has 0 atom stereocenters. The van der Waals surface area contributed by atoms with E-state index in [1.165, 1.54) is 6.26 Å². The van der Waals surface area contributed by atoms with Crippen LogP contribution >= 0.6 is 0 Å². The molecule has 0 spiro atoms. The Hall–Kier alpha value is -3.10. The third kappa shape index (κ3) is 6.13. The molecule has 2 amide bonds. The van der Waals surface area contributed by atoms with E-state index in [-0.39, 0.29) is 18.5 Å². The number of unbranched alkanes of at least 4 members (excludes halogenated alkanes) is 2. The number of primary amides is 1. The summed E-state index contributed by atoms with van der Waals surface area (Å²) in [5, 5.41) is 5.30. The Balaban J connectivity index is 1.98. The number of nitrogens with zero attached hydrogens (tertiary/aromatic N) is 3. The molecule has 6 N–H and O–H groups in total. The molecule has 134 valence electrons. The number of urea groups is 1. The quantitative estimate of drug-likeness (QED) is 0.326. The minimum atomic E-state index is -0.603. The third-order valence-corrected chi connectivity index (χ3v) is 3.30. The van der Waals surface area contributed by atoms with Crippen molar-refractivity contribution in [3.63, 3.8) is 0 Å². The van der Waals surface area contributed by atoms with Gasteiger partial charge in [-0.3, -0.25) is 10.3 Å². The minimum absolute atomic E-state index is 0.240. The number of hydrogen-bond acceptors (Lipinski definition) is 5. The van der Waals surface area contributed by atoms with Crippen LogP contribution < -0.4 is 22.1 Å². The summed E-state index contributed by atoms with van der Waals surface area (Å²) < 4.78 is 5.34. The van der Waals surface area contributed by atoms with Gasteiger partial charge in [0.2, 0.25) is 0 Å². The summed E-state index contributed by atoms with van der Waals surface area (Å²) in [7, 11) is 0. The average molecular weight is 345 g/mol. The molecule has 2 rings (SSSR count). The van der Waals surface area contributed by atoms with Gasteiger partial charge in [0.15, 0.2) is 5.96 Å². The minimum Gasteiger partial charge on any atom is -0.431 e. The average Bonchev–Trinajstić information content (AvgIpc) is 3.05. The number of aliphatic imine (C=N–C) groups is 1. The number of anilines is 1. The molecule has 0 aliphatic carbocycles. The maximum absolute atomic E-state index is 10.8. The first-order chi connectivity index (χ1) is 12.1. The van der Waals surface area contributed by atoms with E-state index in [4.69, 9.17) is 15.9 Å². The second-order valence-electron chi connectivity index (χ2n) is 5.37. The molecular weight excluding hydrogens is 322 g/mol. The molecule has 25 heavy (non-hydrogen) atoms. The zero-order chi connectivity index (χ0) is 18.1. The monoisotopic (exact) mass is 345 g/mol. The van der Waals surface area contributed by atoms with Crippen LogP contribution in [0.4, 0.5) is 10.8 Å². The second-order valence-corrected chi connectivity index (χ2v) is 5.37. The van der Waals surface area contributed by atoms with Crippen LogP contribution in [0.3, 0.4) is 0 Å². The lowest BCUT2D eigenvalue weighted by Gasteiger charge is -2.03. The summed E-state index contributed by atoms with van der Waals surface area (Å²) in [6.07, 6.45) is 4.71. The van der Waals surface area contributed by atoms with Crippen LogP contribution in [0.5, 0.6) is 0 Å². The first kappa shape index (κ1) is 18.2. The predicted octanol–water partition coefficient (Wildman–Crippen LogP) is 1.82. The predicted molar refractivity (Wildman–Crippen MR) is 95.8 cm³/mol. The van der Waals surface area contributed by atoms with Gasteiger partial charge in [0, 0.05) is 6.54 Å². The van der Waals surface area contributed by atoms with Crippen molar-refractivity contribution in [3.05, 3.63) is 30.2 Å². The highest BCUT2D eigenvalue weighted by Crippen LogP contribution is 2.19. The van der Waals surface area contributed by atoms with E-state index in [2.05, 4.69) is 32.5 Å². The molecule has 2 aromatic rings. The SMILES string of the molecule is CCCCCN=C(N)Nc1nc(-c2cccc(CNC(N)=O)n2)co1. The lowest BCUT2D eigenvalue weighted by atomic mass is 10.2. The number of nitrogens with one attached hydrogen (secondary N) is 2. The maximum atomic E-state index is 10.8. The molecule has 0 unspecified atom stereocenters. The molecule has 0 saturated carbocycles. The Morgan fingerprint density at radius 1 is 1.24 bits per heavy atom. The molecule has 0 saturated heterocycles. The highest BCUT2D eigenvalue weighted by molar-refractivity contribution is 5.90. The van der Waals surface area contributed by atoms with Crippen LogP contribution in [-0.2, 0) is 6.54 Å². The fourth-order valence-corrected chi connectivity index (χ4v) is 2.06. The molecule has 2 heterocycles. The van der Waals surface area contributed by atoms with Crippen LogP contribution in [0.15, 0.2) is 33.9 Å². The van der Waals surface area contributed by atoms with Gasteiger partial charge in [-0.1, -0.05) is 25.8 Å². The Bertz CT molecular complexity index is 727. The Morgan fingerprint density at radius 2 is 2.08 bits per heavy atom. The second kappa shape index (κ2) is 9.26. The van der Waals surface area contributed by atoms with Crippen LogP contribution in [0, 0.1) is 0 Å². The third-order valence-electron chi connectivity index (χ3n) is 3.30. The van der Waals surface area contributed by atoms with Crippen molar-refractivity contribution in [1.82, 2.24) is 15.3 Å². The van der Waals surface area contributed by atoms with Crippen LogP contribution in [0.1, 0.15) is 31.9 Å². The van der Waals surface area contributed by atoms with Crippen molar-refractivity contribution < 1.29 is 9.21 Å². The highest BCUT2D eigenvalue weighted by atomic mass is 16.4. The molecule has 2 aromatic heterocycles. The number of aromatic nitrogens is 2. The van der Waals surface area contributed by atoms with E-state index in [1.807, 2.05) is 6.07 Å². The van der Waals surface area contributed by atoms with E-state index < -0.39 is 6.03 Å². The number of amides is 2. The zero-order valence-corrected chi connectivity index (χ0v) is 14.2. The fourth-order valence-electron chi connectivity index (χ4n) is 2.06. The molecule has 0 aliphatic heterocycles. The normalized spacial score (nSPS) is 11.3. The zero-order valence-electron chi connectivity index (χ0n) is 14.2. The van der Waals surface area contributed by atoms with Crippen LogP contribution in [-0.4, -0.2) is 28.5 Å². The fraction of sp³-hybridized carbons (Fsp3) is 0.375. The lowest BCUT2D eigenvalue weighted by molar-refractivity contribution is 0.248. The van der Waals surface area contributed by atoms with Gasteiger partial charge < -0.3 is 21.2 Å². The number of oxazole rings is 1. The smallest absolute Gasteiger partial charge is 0.312 e. The first-order valence-electron chi connectivity index (χ1n) is 8.10. The summed E-state index contributed by atoms with van der Waals surface area (Å²) in [5.74, 6) is 0.261. The number of hydrogen-bond donors (Lipinski definition) is 4. The first-order valence-corrected chi connectivity index (χ1v) is 8.10. The summed E-state index contributed by atoms with van der Waals surface area (Å²) in [4.78, 5) is 23.7. The number of pyridine rings is 1. The van der Waals surface area contributed by atoms with Crippen molar-refractivity contribution in [1.29, 1.82) is 0 Å². The van der Waals surface area contributed by atoms with Crippen molar-refractivity contribution in [2.24, 2.45) is 16.5 Å². The van der Waals surface area contributed by atoms with E-state index in [9.17, 15) is 4.79 Å². The van der Waals surface area contributed by atoms with E-state index >= 15 is 0 Å². The molecule has 0 radical (unpaired) electrons. The van der Waals surface area contributed by atoms with Gasteiger partial charge in [-0.25, -0.2) is 9.78 Å². The van der Waals surface area contributed by atoms with Gasteiger partial charge in [0.05, 0.1) is 17.9 Å². The maximum Gasteiger partial charge on any atom is 0.312 e. The van der Waals surface area contributed by atoms with Gasteiger partial charge >= 0.3 is 12.0 Å². The molecule has 0 bridgehead atoms. The number of rotatable bonds is 8. The van der Waals surface area contributed by atoms with Gasteiger partial charge in [-0.15, -0.1) is 0 Å². The largest absolute Gasteiger partial charge is 0.431 e. The standard InChI is InChI=1S/C16H23N7O2/c1-2-3-4-8-19-14(17)23-16-22-13(10-25-16)12-7-5-6-11(21-12)9-20-15(18)24/h5-7,10H,2-4,8-9H2,1H3,(H3,18,20,24)(H3,17,19,22,23). The van der Waals surface area contributed by atoms with Gasteiger partial charge in [-0.05, 0) is 18.6 Å². The summed E-state index contributed by atoms with van der Waals surface area (Å²) >= 11 is 0.